The van der Waals surface area contributed by atoms with E-state index in [4.69, 9.17) is 50.8 Å². The van der Waals surface area contributed by atoms with Crippen LogP contribution in [-0.4, -0.2) is 11.4 Å². The molecule has 0 saturated carbocycles. The van der Waals surface area contributed by atoms with E-state index in [1.165, 1.54) is 6.07 Å². The molecular formula is C20H3Br4Cl4K2O5-. The molecule has 35 heavy (non-hydrogen) atoms. The van der Waals surface area contributed by atoms with E-state index in [1.54, 1.807) is 6.07 Å². The van der Waals surface area contributed by atoms with Crippen molar-refractivity contribution in [3.63, 3.8) is 0 Å². The van der Waals surface area contributed by atoms with E-state index < -0.39 is 11.5 Å². The zero-order chi connectivity index (χ0) is 23.6. The maximum Gasteiger partial charge on any atom is 1.00 e. The summed E-state index contributed by atoms with van der Waals surface area (Å²) in [4.78, 5) is 24.7. The van der Waals surface area contributed by atoms with Crippen LogP contribution >= 0.6 is 110 Å². The monoisotopic (exact) mass is 856 g/mol. The number of carbonyl (C=O) groups excluding carboxylic acids is 1. The summed E-state index contributed by atoms with van der Waals surface area (Å²) in [7, 11) is 0. The average molecular weight is 863 g/mol. The molecule has 1 aliphatic carbocycles. The largest absolute Gasteiger partial charge is 1.00 e. The number of fused-ring (bicyclic) bond motifs is 2. The normalized spacial score (nSPS) is 10.5. The van der Waals surface area contributed by atoms with Crippen molar-refractivity contribution in [2.24, 2.45) is 0 Å². The van der Waals surface area contributed by atoms with E-state index in [-0.39, 0.29) is 165 Å². The van der Waals surface area contributed by atoms with Gasteiger partial charge in [0.05, 0.1) is 30.5 Å². The summed E-state index contributed by atoms with van der Waals surface area (Å²) < 4.78 is 7.27. The van der Waals surface area contributed by atoms with Crippen LogP contribution in [0.1, 0.15) is 10.4 Å². The first-order chi connectivity index (χ1) is 15.0. The Morgan fingerprint density at radius 3 is 2.06 bits per heavy atom. The summed E-state index contributed by atoms with van der Waals surface area (Å²) in [5.74, 6) is -1.48. The van der Waals surface area contributed by atoms with E-state index in [2.05, 4.69) is 69.8 Å². The van der Waals surface area contributed by atoms with Crippen LogP contribution in [0.2, 0.25) is 20.1 Å². The van der Waals surface area contributed by atoms with Gasteiger partial charge in [0, 0.05) is 22.3 Å². The van der Waals surface area contributed by atoms with Gasteiger partial charge in [-0.25, -0.2) is 0 Å². The van der Waals surface area contributed by atoms with Gasteiger partial charge in [-0.05, 0) is 43.5 Å². The van der Waals surface area contributed by atoms with E-state index in [1.807, 2.05) is 0 Å². The molecule has 0 amide bonds. The summed E-state index contributed by atoms with van der Waals surface area (Å²) in [5.41, 5.74) is 0.0166. The minimum absolute atomic E-state index is 0. The minimum Gasteiger partial charge on any atom is -0.870 e. The molecule has 0 radical (unpaired) electrons. The Labute approximate surface area is 337 Å². The van der Waals surface area contributed by atoms with Crippen molar-refractivity contribution in [2.45, 2.75) is 0 Å². The van der Waals surface area contributed by atoms with Crippen LogP contribution in [0.5, 0.6) is 0 Å². The summed E-state index contributed by atoms with van der Waals surface area (Å²) >= 11 is 38.4. The molecule has 2 aromatic carbocycles. The molecule has 2 aliphatic rings. The van der Waals surface area contributed by atoms with Gasteiger partial charge >= 0.3 is 103 Å². The zero-order valence-corrected chi connectivity index (χ0v) is 32.9. The fourth-order valence-electron chi connectivity index (χ4n) is 3.24. The Bertz CT molecular complexity index is 1530. The molecule has 1 N–H and O–H groups in total. The molecule has 0 bridgehead atoms. The molecule has 5 nitrogen and oxygen atoms in total. The first-order valence-electron chi connectivity index (χ1n) is 8.19. The number of rotatable bonds is 2. The van der Waals surface area contributed by atoms with Crippen molar-refractivity contribution in [2.75, 3.05) is 0 Å². The van der Waals surface area contributed by atoms with E-state index in [0.717, 1.165) is 0 Å². The Balaban J connectivity index is 0.00000204. The summed E-state index contributed by atoms with van der Waals surface area (Å²) in [6.07, 6.45) is 0. The van der Waals surface area contributed by atoms with Crippen molar-refractivity contribution < 1.29 is 123 Å². The Morgan fingerprint density at radius 2 is 1.49 bits per heavy atom. The quantitative estimate of drug-likeness (QED) is 0.101. The predicted molar refractivity (Wildman–Crippen MR) is 140 cm³/mol. The number of carboxylic acids is 1. The minimum atomic E-state index is -1.62. The SMILES string of the molecule is O=C([O-])c1c(Cl)c(Cl)c(Cl)c(Cl)c1-c1c2cc(Br)c(=O)c(Br)c-2oc2c(Br)[c-]c(Br)cc12.[K+].[K+].[OH-]. The molecule has 1 aliphatic heterocycles. The molecule has 2 aromatic rings. The number of carbonyl (C=O) groups is 1. The second kappa shape index (κ2) is 14.2. The smallest absolute Gasteiger partial charge is 0.870 e. The first kappa shape index (κ1) is 35.9. The molecule has 172 valence electrons. The molecule has 15 heteroatoms. The molecule has 4 rings (SSSR count). The van der Waals surface area contributed by atoms with Gasteiger partial charge in [-0.3, -0.25) is 4.79 Å². The third-order valence-corrected chi connectivity index (χ3v) is 8.64. The van der Waals surface area contributed by atoms with Crippen molar-refractivity contribution in [3.05, 3.63) is 72.0 Å². The van der Waals surface area contributed by atoms with E-state index in [9.17, 15) is 14.7 Å². The van der Waals surface area contributed by atoms with Gasteiger partial charge in [-0.2, -0.15) is 6.07 Å². The second-order valence-corrected chi connectivity index (χ2v) is 11.1. The van der Waals surface area contributed by atoms with Crippen LogP contribution in [0.15, 0.2) is 39.2 Å². The van der Waals surface area contributed by atoms with Crippen LogP contribution in [-0.2, 0) is 0 Å². The van der Waals surface area contributed by atoms with E-state index >= 15 is 0 Å². The fourth-order valence-corrected chi connectivity index (χ4v) is 6.66. The average Bonchev–Trinajstić information content (AvgIpc) is 2.72. The molecule has 0 saturated heterocycles. The second-order valence-electron chi connectivity index (χ2n) is 6.32. The fraction of sp³-hybridized carbons (Fsp3) is 0. The van der Waals surface area contributed by atoms with E-state index in [0.29, 0.717) is 19.9 Å². The Hall–Kier alpha value is 2.91. The van der Waals surface area contributed by atoms with Crippen LogP contribution in [0.3, 0.4) is 0 Å². The van der Waals surface area contributed by atoms with Gasteiger partial charge in [-0.15, -0.1) is 6.07 Å². The number of halogens is 8. The van der Waals surface area contributed by atoms with Crippen LogP contribution in [0, 0.1) is 6.07 Å². The number of carboxylic acid groups (broad SMARTS) is 1. The van der Waals surface area contributed by atoms with Gasteiger partial charge in [0.1, 0.15) is 10.2 Å². The van der Waals surface area contributed by atoms with Gasteiger partial charge < -0.3 is 19.8 Å². The summed E-state index contributed by atoms with van der Waals surface area (Å²) in [6.45, 7) is 0. The van der Waals surface area contributed by atoms with Crippen LogP contribution in [0.25, 0.3) is 33.4 Å². The van der Waals surface area contributed by atoms with Gasteiger partial charge in [0.15, 0.2) is 0 Å². The molecule has 0 aromatic heterocycles. The van der Waals surface area contributed by atoms with Crippen molar-refractivity contribution in [3.8, 4) is 22.5 Å². The third kappa shape index (κ3) is 6.54. The number of hydrogen-bond acceptors (Lipinski definition) is 5. The molecule has 0 fully saturated rings. The van der Waals surface area contributed by atoms with Gasteiger partial charge in [0.25, 0.3) is 0 Å². The Kier molecular flexibility index (Phi) is 14.6. The third-order valence-electron chi connectivity index (χ3n) is 4.54. The van der Waals surface area contributed by atoms with Crippen molar-refractivity contribution >= 4 is 127 Å². The van der Waals surface area contributed by atoms with Crippen molar-refractivity contribution in [1.82, 2.24) is 0 Å². The summed E-state index contributed by atoms with van der Waals surface area (Å²) in [5, 5.41) is 11.7. The predicted octanol–water partition coefficient (Wildman–Crippen LogP) is 2.22. The van der Waals surface area contributed by atoms with Gasteiger partial charge in [0.2, 0.25) is 5.43 Å². The maximum absolute atomic E-state index is 12.5. The first-order valence-corrected chi connectivity index (χ1v) is 12.9. The number of hydrogen-bond donors (Lipinski definition) is 0. The molecule has 0 spiro atoms. The maximum atomic E-state index is 12.5. The van der Waals surface area contributed by atoms with Crippen molar-refractivity contribution in [1.29, 1.82) is 0 Å². The van der Waals surface area contributed by atoms with Gasteiger partial charge in [-0.1, -0.05) is 92.6 Å². The number of aromatic carboxylic acids is 1. The van der Waals surface area contributed by atoms with Crippen LogP contribution in [0.4, 0.5) is 0 Å². The summed E-state index contributed by atoms with van der Waals surface area (Å²) in [6, 6.07) is 6.13. The standard InChI is InChI=1S/C20H3Br4Cl4O4.2K.H2O/c21-4-1-5-9(10-11(20(30)31)14(26)16(28)15(27)13(10)25)6-3-7(22)17(29)12(24)19(6)32-18(5)8(23)2-4;;;/h1,3H,(H,30,31);;;1H2/q-1;2*+1;/p-2. The van der Waals surface area contributed by atoms with Crippen LogP contribution < -0.4 is 113 Å². The molecule has 0 atom stereocenters. The molecule has 1 heterocycles. The Morgan fingerprint density at radius 1 is 0.914 bits per heavy atom. The number of benzene rings is 3. The topological polar surface area (TPSA) is 100 Å². The zero-order valence-electron chi connectivity index (χ0n) is 17.3. The molecular weight excluding hydrogens is 860 g/mol. The molecule has 0 unspecified atom stereocenters.